The Morgan fingerprint density at radius 3 is 2.50 bits per heavy atom. The zero-order chi connectivity index (χ0) is 18.2. The lowest BCUT2D eigenvalue weighted by atomic mass is 10.1. The highest BCUT2D eigenvalue weighted by molar-refractivity contribution is 5.80. The third kappa shape index (κ3) is 7.71. The van der Waals surface area contributed by atoms with E-state index in [0.29, 0.717) is 25.6 Å². The summed E-state index contributed by atoms with van der Waals surface area (Å²) < 4.78 is 41.4. The lowest BCUT2D eigenvalue weighted by molar-refractivity contribution is -0.142. The standard InChI is InChI=1S/C14H26F3N5O2/c1-18-12(19-6-9-21(2)10-14(15,16)17)20-11-4-7-22(8-5-11)13(23)24-3/h11H,4-10H2,1-3H3,(H2,18,19,20). The molecular formula is C14H26F3N5O2. The Balaban J connectivity index is 2.28. The summed E-state index contributed by atoms with van der Waals surface area (Å²) in [5.74, 6) is 0.548. The molecule has 1 aliphatic heterocycles. The van der Waals surface area contributed by atoms with Crippen LogP contribution in [0.4, 0.5) is 18.0 Å². The molecule has 1 saturated heterocycles. The summed E-state index contributed by atoms with van der Waals surface area (Å²) in [4.78, 5) is 18.3. The summed E-state index contributed by atoms with van der Waals surface area (Å²) in [5.41, 5.74) is 0. The van der Waals surface area contributed by atoms with Crippen molar-refractivity contribution in [3.63, 3.8) is 0 Å². The number of methoxy groups -OCH3 is 1. The number of nitrogens with zero attached hydrogens (tertiary/aromatic N) is 3. The fourth-order valence-corrected chi connectivity index (χ4v) is 2.47. The van der Waals surface area contributed by atoms with Crippen LogP contribution in [0.2, 0.25) is 0 Å². The van der Waals surface area contributed by atoms with E-state index >= 15 is 0 Å². The minimum atomic E-state index is -4.19. The largest absolute Gasteiger partial charge is 0.453 e. The number of nitrogens with one attached hydrogen (secondary N) is 2. The number of alkyl halides is 3. The fraction of sp³-hybridized carbons (Fsp3) is 0.857. The first kappa shape index (κ1) is 20.3. The molecule has 7 nitrogen and oxygen atoms in total. The van der Waals surface area contributed by atoms with Crippen LogP contribution in [-0.2, 0) is 4.74 Å². The molecule has 0 atom stereocenters. The summed E-state index contributed by atoms with van der Waals surface area (Å²) in [6.45, 7) is 0.853. The van der Waals surface area contributed by atoms with E-state index in [4.69, 9.17) is 0 Å². The maximum Gasteiger partial charge on any atom is 0.409 e. The molecule has 1 aliphatic rings. The Kier molecular flexibility index (Phi) is 8.09. The van der Waals surface area contributed by atoms with Crippen molar-refractivity contribution in [1.82, 2.24) is 20.4 Å². The van der Waals surface area contributed by atoms with Gasteiger partial charge < -0.3 is 20.3 Å². The van der Waals surface area contributed by atoms with Gasteiger partial charge in [0.05, 0.1) is 13.7 Å². The first-order valence-corrected chi connectivity index (χ1v) is 7.80. The van der Waals surface area contributed by atoms with Crippen LogP contribution < -0.4 is 10.6 Å². The lowest BCUT2D eigenvalue weighted by Crippen LogP contribution is -2.50. The molecule has 10 heteroatoms. The topological polar surface area (TPSA) is 69.2 Å². The fourth-order valence-electron chi connectivity index (χ4n) is 2.47. The van der Waals surface area contributed by atoms with Crippen molar-refractivity contribution >= 4 is 12.1 Å². The number of carbonyl (C=O) groups is 1. The van der Waals surface area contributed by atoms with E-state index < -0.39 is 12.7 Å². The number of likely N-dealkylation sites (N-methyl/N-ethyl adjacent to an activating group) is 1. The number of halogens is 3. The van der Waals surface area contributed by atoms with Gasteiger partial charge in [0.2, 0.25) is 0 Å². The molecule has 1 heterocycles. The number of likely N-dealkylation sites (tertiary alicyclic amines) is 1. The van der Waals surface area contributed by atoms with Gasteiger partial charge in [0.1, 0.15) is 0 Å². The maximum atomic E-state index is 12.2. The van der Waals surface area contributed by atoms with E-state index in [0.717, 1.165) is 12.8 Å². The number of hydrogen-bond donors (Lipinski definition) is 2. The molecule has 2 N–H and O–H groups in total. The van der Waals surface area contributed by atoms with E-state index in [2.05, 4.69) is 20.4 Å². The molecule has 1 rings (SSSR count). The molecule has 0 spiro atoms. The molecule has 1 fully saturated rings. The van der Waals surface area contributed by atoms with E-state index in [1.165, 1.54) is 19.1 Å². The number of amides is 1. The quantitative estimate of drug-likeness (QED) is 0.567. The Labute approximate surface area is 140 Å². The summed E-state index contributed by atoms with van der Waals surface area (Å²) >= 11 is 0. The maximum absolute atomic E-state index is 12.2. The number of guanidine groups is 1. The van der Waals surface area contributed by atoms with Crippen molar-refractivity contribution in [1.29, 1.82) is 0 Å². The molecule has 0 aliphatic carbocycles. The summed E-state index contributed by atoms with van der Waals surface area (Å²) in [6, 6.07) is 0.157. The van der Waals surface area contributed by atoms with E-state index in [9.17, 15) is 18.0 Å². The summed E-state index contributed by atoms with van der Waals surface area (Å²) in [5, 5.41) is 6.23. The molecule has 0 radical (unpaired) electrons. The van der Waals surface area contributed by atoms with Gasteiger partial charge in [-0.15, -0.1) is 0 Å². The average molecular weight is 353 g/mol. The van der Waals surface area contributed by atoms with E-state index in [-0.39, 0.29) is 18.7 Å². The molecule has 0 aromatic carbocycles. The highest BCUT2D eigenvalue weighted by atomic mass is 19.4. The van der Waals surface area contributed by atoms with Crippen molar-refractivity contribution < 1.29 is 22.7 Å². The van der Waals surface area contributed by atoms with Gasteiger partial charge in [0.25, 0.3) is 0 Å². The zero-order valence-corrected chi connectivity index (χ0v) is 14.3. The smallest absolute Gasteiger partial charge is 0.409 e. The minimum absolute atomic E-state index is 0.157. The third-order valence-corrected chi connectivity index (χ3v) is 3.73. The molecule has 0 aromatic rings. The zero-order valence-electron chi connectivity index (χ0n) is 14.3. The van der Waals surface area contributed by atoms with Gasteiger partial charge in [0.15, 0.2) is 5.96 Å². The Bertz CT molecular complexity index is 423. The van der Waals surface area contributed by atoms with Gasteiger partial charge in [-0.2, -0.15) is 13.2 Å². The van der Waals surface area contributed by atoms with Gasteiger partial charge in [-0.05, 0) is 19.9 Å². The number of aliphatic imine (C=N–C) groups is 1. The summed E-state index contributed by atoms with van der Waals surface area (Å²) in [6.07, 6.45) is -3.01. The van der Waals surface area contributed by atoms with Crippen LogP contribution >= 0.6 is 0 Å². The Hall–Kier alpha value is -1.71. The van der Waals surface area contributed by atoms with Crippen molar-refractivity contribution in [2.24, 2.45) is 4.99 Å². The van der Waals surface area contributed by atoms with Crippen LogP contribution in [0.25, 0.3) is 0 Å². The number of rotatable bonds is 5. The van der Waals surface area contributed by atoms with Gasteiger partial charge >= 0.3 is 12.3 Å². The van der Waals surface area contributed by atoms with Crippen LogP contribution in [0.15, 0.2) is 4.99 Å². The second-order valence-corrected chi connectivity index (χ2v) is 5.73. The SMILES string of the molecule is CN=C(NCCN(C)CC(F)(F)F)NC1CCN(C(=O)OC)CC1. The second-order valence-electron chi connectivity index (χ2n) is 5.73. The predicted octanol–water partition coefficient (Wildman–Crippen LogP) is 0.876. The number of carbonyl (C=O) groups excluding carboxylic acids is 1. The number of ether oxygens (including phenoxy) is 1. The molecule has 0 bridgehead atoms. The minimum Gasteiger partial charge on any atom is -0.453 e. The monoisotopic (exact) mass is 353 g/mol. The Morgan fingerprint density at radius 1 is 1.38 bits per heavy atom. The molecule has 24 heavy (non-hydrogen) atoms. The second kappa shape index (κ2) is 9.55. The molecule has 1 amide bonds. The van der Waals surface area contributed by atoms with Gasteiger partial charge in [0, 0.05) is 39.3 Å². The van der Waals surface area contributed by atoms with E-state index in [1.54, 1.807) is 11.9 Å². The van der Waals surface area contributed by atoms with Gasteiger partial charge in [-0.25, -0.2) is 4.79 Å². The average Bonchev–Trinajstić information content (AvgIpc) is 2.52. The first-order valence-electron chi connectivity index (χ1n) is 7.80. The molecule has 0 saturated carbocycles. The van der Waals surface area contributed by atoms with Gasteiger partial charge in [-0.3, -0.25) is 9.89 Å². The van der Waals surface area contributed by atoms with Crippen LogP contribution in [-0.4, -0.2) is 88.0 Å². The molecular weight excluding hydrogens is 327 g/mol. The summed E-state index contributed by atoms with van der Waals surface area (Å²) in [7, 11) is 4.39. The van der Waals surface area contributed by atoms with Crippen molar-refractivity contribution in [3.8, 4) is 0 Å². The number of hydrogen-bond acceptors (Lipinski definition) is 4. The predicted molar refractivity (Wildman–Crippen MR) is 85.0 cm³/mol. The van der Waals surface area contributed by atoms with Crippen LogP contribution in [0.1, 0.15) is 12.8 Å². The van der Waals surface area contributed by atoms with Crippen LogP contribution in [0, 0.1) is 0 Å². The van der Waals surface area contributed by atoms with E-state index in [1.807, 2.05) is 0 Å². The molecule has 0 unspecified atom stereocenters. The normalized spacial score (nSPS) is 17.1. The van der Waals surface area contributed by atoms with Crippen molar-refractivity contribution in [2.75, 3.05) is 53.9 Å². The van der Waals surface area contributed by atoms with Gasteiger partial charge in [-0.1, -0.05) is 0 Å². The first-order chi connectivity index (χ1) is 11.2. The lowest BCUT2D eigenvalue weighted by Gasteiger charge is -2.32. The Morgan fingerprint density at radius 2 is 2.00 bits per heavy atom. The molecule has 0 aromatic heterocycles. The van der Waals surface area contributed by atoms with Crippen LogP contribution in [0.3, 0.4) is 0 Å². The van der Waals surface area contributed by atoms with Crippen molar-refractivity contribution in [2.45, 2.75) is 25.1 Å². The number of piperidine rings is 1. The highest BCUT2D eigenvalue weighted by Crippen LogP contribution is 2.15. The third-order valence-electron chi connectivity index (χ3n) is 3.73. The van der Waals surface area contributed by atoms with Crippen molar-refractivity contribution in [3.05, 3.63) is 0 Å². The highest BCUT2D eigenvalue weighted by Gasteiger charge is 2.29. The van der Waals surface area contributed by atoms with Crippen LogP contribution in [0.5, 0.6) is 0 Å². The molecule has 140 valence electrons.